The molecule has 0 aromatic heterocycles. The van der Waals surface area contributed by atoms with Crippen molar-refractivity contribution in [3.63, 3.8) is 0 Å². The first-order valence-electron chi connectivity index (χ1n) is 9.68. The Labute approximate surface area is 170 Å². The number of carbonyl (C=O) groups excluding carboxylic acids is 2. The minimum Gasteiger partial charge on any atom is -0.376 e. The van der Waals surface area contributed by atoms with E-state index in [1.165, 1.54) is 6.92 Å². The Kier molecular flexibility index (Phi) is 6.97. The van der Waals surface area contributed by atoms with Crippen LogP contribution in [0.25, 0.3) is 0 Å². The number of aliphatic imine (C=N–C) groups is 1. The number of carbonyl (C=O) groups is 2. The van der Waals surface area contributed by atoms with E-state index in [2.05, 4.69) is 20.9 Å². The van der Waals surface area contributed by atoms with Crippen molar-refractivity contribution in [2.75, 3.05) is 23.8 Å². The molecule has 2 aromatic rings. The van der Waals surface area contributed by atoms with Gasteiger partial charge in [-0.2, -0.15) is 0 Å². The van der Waals surface area contributed by atoms with Gasteiger partial charge in [-0.15, -0.1) is 0 Å². The standard InChI is InChI=1S/C22H26N4O3/c1-15-8-10-18(11-9-15)25-22(23-14-20-7-4-12-29-20)26-21(28)17-5-3-6-19(13-17)24-16(2)27/h3,5-6,8-11,13,20H,4,7,12,14H2,1-2H3,(H,24,27)(H2,23,25,26,28)/t20-/m1/s1. The fraction of sp³-hybridized carbons (Fsp3) is 0.318. The van der Waals surface area contributed by atoms with Crippen LogP contribution in [0, 0.1) is 6.92 Å². The van der Waals surface area contributed by atoms with Gasteiger partial charge in [0.05, 0.1) is 12.6 Å². The summed E-state index contributed by atoms with van der Waals surface area (Å²) in [6.45, 7) is 4.66. The smallest absolute Gasteiger partial charge is 0.258 e. The summed E-state index contributed by atoms with van der Waals surface area (Å²) in [5.74, 6) is -0.149. The highest BCUT2D eigenvalue weighted by molar-refractivity contribution is 6.10. The Hall–Kier alpha value is -3.19. The molecule has 0 saturated carbocycles. The van der Waals surface area contributed by atoms with Crippen molar-refractivity contribution in [2.24, 2.45) is 4.99 Å². The van der Waals surface area contributed by atoms with Crippen molar-refractivity contribution in [1.82, 2.24) is 5.32 Å². The molecule has 2 amide bonds. The highest BCUT2D eigenvalue weighted by atomic mass is 16.5. The molecule has 0 bridgehead atoms. The lowest BCUT2D eigenvalue weighted by atomic mass is 10.2. The fourth-order valence-electron chi connectivity index (χ4n) is 2.99. The SMILES string of the molecule is CC(=O)Nc1cccc(C(=O)NC(=NC[C@H]2CCCO2)Nc2ccc(C)cc2)c1. The van der Waals surface area contributed by atoms with Crippen LogP contribution in [0.15, 0.2) is 53.5 Å². The van der Waals surface area contributed by atoms with Gasteiger partial charge >= 0.3 is 0 Å². The molecular weight excluding hydrogens is 368 g/mol. The molecule has 1 aliphatic rings. The molecule has 152 valence electrons. The molecule has 1 saturated heterocycles. The van der Waals surface area contributed by atoms with Crippen LogP contribution in [0.2, 0.25) is 0 Å². The summed E-state index contributed by atoms with van der Waals surface area (Å²) in [6, 6.07) is 14.6. The van der Waals surface area contributed by atoms with Gasteiger partial charge in [0.2, 0.25) is 11.9 Å². The molecular formula is C22H26N4O3. The lowest BCUT2D eigenvalue weighted by molar-refractivity contribution is -0.114. The molecule has 3 N–H and O–H groups in total. The first-order chi connectivity index (χ1) is 14.0. The molecule has 1 heterocycles. The van der Waals surface area contributed by atoms with Crippen LogP contribution in [-0.4, -0.2) is 37.0 Å². The van der Waals surface area contributed by atoms with Gasteiger partial charge in [-0.25, -0.2) is 4.99 Å². The van der Waals surface area contributed by atoms with Gasteiger partial charge in [-0.1, -0.05) is 23.8 Å². The normalized spacial score (nSPS) is 16.3. The zero-order chi connectivity index (χ0) is 20.6. The number of nitrogens with one attached hydrogen (secondary N) is 3. The molecule has 3 rings (SSSR count). The van der Waals surface area contributed by atoms with Gasteiger partial charge in [0.1, 0.15) is 0 Å². The number of anilines is 2. The monoisotopic (exact) mass is 394 g/mol. The van der Waals surface area contributed by atoms with Crippen LogP contribution in [0.5, 0.6) is 0 Å². The highest BCUT2D eigenvalue weighted by Crippen LogP contribution is 2.14. The number of benzene rings is 2. The first kappa shape index (κ1) is 20.5. The van der Waals surface area contributed by atoms with Crippen molar-refractivity contribution in [2.45, 2.75) is 32.8 Å². The molecule has 1 atom stereocenters. The Bertz CT molecular complexity index is 887. The number of ether oxygens (including phenoxy) is 1. The predicted molar refractivity (Wildman–Crippen MR) is 114 cm³/mol. The second-order valence-electron chi connectivity index (χ2n) is 7.03. The van der Waals surface area contributed by atoms with E-state index in [0.29, 0.717) is 23.8 Å². The molecule has 29 heavy (non-hydrogen) atoms. The van der Waals surface area contributed by atoms with Gasteiger partial charge in [0.15, 0.2) is 0 Å². The average Bonchev–Trinajstić information content (AvgIpc) is 3.21. The molecule has 1 fully saturated rings. The van der Waals surface area contributed by atoms with E-state index in [4.69, 9.17) is 4.74 Å². The van der Waals surface area contributed by atoms with E-state index >= 15 is 0 Å². The fourth-order valence-corrected chi connectivity index (χ4v) is 2.99. The van der Waals surface area contributed by atoms with Gasteiger partial charge in [0.25, 0.3) is 5.91 Å². The zero-order valence-electron chi connectivity index (χ0n) is 16.7. The Morgan fingerprint density at radius 3 is 2.59 bits per heavy atom. The predicted octanol–water partition coefficient (Wildman–Crippen LogP) is 3.33. The van der Waals surface area contributed by atoms with Gasteiger partial charge in [0, 0.05) is 30.5 Å². The Balaban J connectivity index is 1.74. The first-order valence-corrected chi connectivity index (χ1v) is 9.68. The zero-order valence-corrected chi connectivity index (χ0v) is 16.7. The molecule has 0 aliphatic carbocycles. The minimum atomic E-state index is -0.317. The number of nitrogens with zero attached hydrogens (tertiary/aromatic N) is 1. The quantitative estimate of drug-likeness (QED) is 0.536. The maximum atomic E-state index is 12.8. The summed E-state index contributed by atoms with van der Waals surface area (Å²) >= 11 is 0. The van der Waals surface area contributed by atoms with Crippen molar-refractivity contribution >= 4 is 29.1 Å². The highest BCUT2D eigenvalue weighted by Gasteiger charge is 2.16. The van der Waals surface area contributed by atoms with Gasteiger partial charge in [-0.3, -0.25) is 14.9 Å². The topological polar surface area (TPSA) is 91.8 Å². The van der Waals surface area contributed by atoms with Crippen LogP contribution in [0.4, 0.5) is 11.4 Å². The third-order valence-corrected chi connectivity index (χ3v) is 4.47. The summed E-state index contributed by atoms with van der Waals surface area (Å²) in [5.41, 5.74) is 2.96. The van der Waals surface area contributed by atoms with Crippen molar-refractivity contribution in [1.29, 1.82) is 0 Å². The van der Waals surface area contributed by atoms with Crippen LogP contribution in [0.3, 0.4) is 0 Å². The summed E-state index contributed by atoms with van der Waals surface area (Å²) in [5, 5.41) is 8.68. The van der Waals surface area contributed by atoms with E-state index in [1.807, 2.05) is 31.2 Å². The summed E-state index contributed by atoms with van der Waals surface area (Å²) in [4.78, 5) is 28.6. The third-order valence-electron chi connectivity index (χ3n) is 4.47. The lowest BCUT2D eigenvalue weighted by Gasteiger charge is -2.14. The number of rotatable bonds is 5. The maximum absolute atomic E-state index is 12.8. The summed E-state index contributed by atoms with van der Waals surface area (Å²) < 4.78 is 5.62. The second kappa shape index (κ2) is 9.84. The Morgan fingerprint density at radius 1 is 1.10 bits per heavy atom. The van der Waals surface area contributed by atoms with E-state index < -0.39 is 0 Å². The molecule has 7 heteroatoms. The van der Waals surface area contributed by atoms with Gasteiger partial charge < -0.3 is 15.4 Å². The second-order valence-corrected chi connectivity index (χ2v) is 7.03. The molecule has 0 radical (unpaired) electrons. The largest absolute Gasteiger partial charge is 0.376 e. The molecule has 0 unspecified atom stereocenters. The minimum absolute atomic E-state index is 0.0739. The van der Waals surface area contributed by atoms with E-state index in [1.54, 1.807) is 24.3 Å². The average molecular weight is 394 g/mol. The molecule has 2 aromatic carbocycles. The molecule has 0 spiro atoms. The van der Waals surface area contributed by atoms with E-state index in [9.17, 15) is 9.59 Å². The third kappa shape index (κ3) is 6.43. The van der Waals surface area contributed by atoms with Crippen molar-refractivity contribution < 1.29 is 14.3 Å². The molecule has 1 aliphatic heterocycles. The maximum Gasteiger partial charge on any atom is 0.258 e. The summed E-state index contributed by atoms with van der Waals surface area (Å²) in [6.07, 6.45) is 2.07. The van der Waals surface area contributed by atoms with E-state index in [-0.39, 0.29) is 17.9 Å². The van der Waals surface area contributed by atoms with Crippen LogP contribution < -0.4 is 16.0 Å². The number of hydrogen-bond acceptors (Lipinski definition) is 4. The van der Waals surface area contributed by atoms with Gasteiger partial charge in [-0.05, 0) is 50.1 Å². The number of guanidine groups is 1. The summed E-state index contributed by atoms with van der Waals surface area (Å²) in [7, 11) is 0. The number of aryl methyl sites for hydroxylation is 1. The van der Waals surface area contributed by atoms with Crippen LogP contribution in [0.1, 0.15) is 35.7 Å². The lowest BCUT2D eigenvalue weighted by Crippen LogP contribution is -2.36. The Morgan fingerprint density at radius 2 is 1.90 bits per heavy atom. The van der Waals surface area contributed by atoms with Crippen LogP contribution in [-0.2, 0) is 9.53 Å². The molecule has 7 nitrogen and oxygen atoms in total. The van der Waals surface area contributed by atoms with E-state index in [0.717, 1.165) is 30.7 Å². The number of amides is 2. The van der Waals surface area contributed by atoms with Crippen molar-refractivity contribution in [3.8, 4) is 0 Å². The number of hydrogen-bond donors (Lipinski definition) is 3. The van der Waals surface area contributed by atoms with Crippen LogP contribution >= 0.6 is 0 Å². The van der Waals surface area contributed by atoms with Crippen molar-refractivity contribution in [3.05, 3.63) is 59.7 Å².